The predicted octanol–water partition coefficient (Wildman–Crippen LogP) is 0.340. The third-order valence-electron chi connectivity index (χ3n) is 1.80. The van der Waals surface area contributed by atoms with Gasteiger partial charge in [-0.15, -0.1) is 0 Å². The predicted molar refractivity (Wildman–Crippen MR) is 46.7 cm³/mol. The van der Waals surface area contributed by atoms with Crippen LogP contribution in [-0.4, -0.2) is 18.2 Å². The van der Waals surface area contributed by atoms with Gasteiger partial charge >= 0.3 is 0 Å². The second-order valence-corrected chi connectivity index (χ2v) is 2.77. The van der Waals surface area contributed by atoms with Crippen molar-refractivity contribution in [2.24, 2.45) is 5.73 Å². The summed E-state index contributed by atoms with van der Waals surface area (Å²) in [6.45, 7) is 6.13. The summed E-state index contributed by atoms with van der Waals surface area (Å²) in [5.41, 5.74) is 7.44. The minimum atomic E-state index is 0.656. The monoisotopic (exact) mass is 169 g/mol. The van der Waals surface area contributed by atoms with Crippen LogP contribution >= 0.6 is 0 Å². The van der Waals surface area contributed by atoms with Gasteiger partial charge < -0.3 is 15.6 Å². The maximum absolute atomic E-state index is 5.34. The van der Waals surface area contributed by atoms with E-state index in [4.69, 9.17) is 10.3 Å². The zero-order valence-corrected chi connectivity index (χ0v) is 7.55. The lowest BCUT2D eigenvalue weighted by molar-refractivity contribution is 0.392. The molecule has 3 N–H and O–H groups in total. The van der Waals surface area contributed by atoms with Gasteiger partial charge in [0, 0.05) is 25.2 Å². The number of nitrogens with two attached hydrogens (primary N) is 1. The third-order valence-corrected chi connectivity index (χ3v) is 1.80. The highest BCUT2D eigenvalue weighted by Crippen LogP contribution is 2.10. The zero-order valence-electron chi connectivity index (χ0n) is 7.55. The van der Waals surface area contributed by atoms with Crippen LogP contribution in [0.15, 0.2) is 4.52 Å². The van der Waals surface area contributed by atoms with E-state index in [1.165, 1.54) is 0 Å². The van der Waals surface area contributed by atoms with E-state index in [2.05, 4.69) is 10.5 Å². The van der Waals surface area contributed by atoms with Crippen molar-refractivity contribution in [1.29, 1.82) is 0 Å². The van der Waals surface area contributed by atoms with Crippen LogP contribution in [0, 0.1) is 13.8 Å². The Morgan fingerprint density at radius 3 is 2.75 bits per heavy atom. The summed E-state index contributed by atoms with van der Waals surface area (Å²) in [7, 11) is 0. The van der Waals surface area contributed by atoms with Gasteiger partial charge in [-0.2, -0.15) is 0 Å². The van der Waals surface area contributed by atoms with Gasteiger partial charge in [-0.1, -0.05) is 5.16 Å². The summed E-state index contributed by atoms with van der Waals surface area (Å²) in [6, 6.07) is 0. The number of aryl methyl sites for hydroxylation is 2. The first-order valence-electron chi connectivity index (χ1n) is 4.08. The van der Waals surface area contributed by atoms with E-state index in [0.717, 1.165) is 30.1 Å². The molecular formula is C8H15N3O. The highest BCUT2D eigenvalue weighted by molar-refractivity contribution is 5.20. The molecule has 0 saturated carbocycles. The van der Waals surface area contributed by atoms with Gasteiger partial charge in [0.25, 0.3) is 0 Å². The smallest absolute Gasteiger partial charge is 0.138 e. The molecule has 0 saturated heterocycles. The fourth-order valence-corrected chi connectivity index (χ4v) is 1.07. The first-order chi connectivity index (χ1) is 5.75. The molecule has 1 heterocycles. The van der Waals surface area contributed by atoms with E-state index in [-0.39, 0.29) is 0 Å². The Labute approximate surface area is 72.1 Å². The normalized spacial score (nSPS) is 10.6. The lowest BCUT2D eigenvalue weighted by atomic mass is 10.2. The molecule has 0 aliphatic heterocycles. The van der Waals surface area contributed by atoms with Crippen LogP contribution in [0.1, 0.15) is 17.0 Å². The second kappa shape index (κ2) is 4.23. The summed E-state index contributed by atoms with van der Waals surface area (Å²) < 4.78 is 5.00. The SMILES string of the molecule is Cc1noc(C)c1CNCCN. The summed E-state index contributed by atoms with van der Waals surface area (Å²) >= 11 is 0. The molecule has 0 aliphatic rings. The van der Waals surface area contributed by atoms with Gasteiger partial charge in [0.05, 0.1) is 5.69 Å². The lowest BCUT2D eigenvalue weighted by Crippen LogP contribution is -2.22. The standard InChI is InChI=1S/C8H15N3O/c1-6-8(5-10-4-3-9)7(2)12-11-6/h10H,3-5,9H2,1-2H3. The third kappa shape index (κ3) is 2.06. The van der Waals surface area contributed by atoms with Gasteiger partial charge in [0.2, 0.25) is 0 Å². The molecule has 4 nitrogen and oxygen atoms in total. The fourth-order valence-electron chi connectivity index (χ4n) is 1.07. The maximum Gasteiger partial charge on any atom is 0.138 e. The maximum atomic E-state index is 5.34. The number of rotatable bonds is 4. The molecule has 1 aromatic heterocycles. The van der Waals surface area contributed by atoms with Crippen LogP contribution in [-0.2, 0) is 6.54 Å². The first-order valence-corrected chi connectivity index (χ1v) is 4.08. The fraction of sp³-hybridized carbons (Fsp3) is 0.625. The lowest BCUT2D eigenvalue weighted by Gasteiger charge is -2.00. The van der Waals surface area contributed by atoms with E-state index in [1.807, 2.05) is 13.8 Å². The van der Waals surface area contributed by atoms with E-state index >= 15 is 0 Å². The molecule has 68 valence electrons. The molecule has 0 aliphatic carbocycles. The zero-order chi connectivity index (χ0) is 8.97. The van der Waals surface area contributed by atoms with Crippen molar-refractivity contribution in [1.82, 2.24) is 10.5 Å². The summed E-state index contributed by atoms with van der Waals surface area (Å²) in [6.07, 6.45) is 0. The average molecular weight is 169 g/mol. The summed E-state index contributed by atoms with van der Waals surface area (Å²) in [5, 5.41) is 7.04. The number of hydrogen-bond acceptors (Lipinski definition) is 4. The van der Waals surface area contributed by atoms with E-state index in [9.17, 15) is 0 Å². The van der Waals surface area contributed by atoms with Gasteiger partial charge in [0.1, 0.15) is 5.76 Å². The molecule has 12 heavy (non-hydrogen) atoms. The first kappa shape index (κ1) is 9.22. The Balaban J connectivity index is 2.50. The van der Waals surface area contributed by atoms with E-state index < -0.39 is 0 Å². The molecule has 1 rings (SSSR count). The molecule has 0 aromatic carbocycles. The van der Waals surface area contributed by atoms with Crippen molar-refractivity contribution in [3.05, 3.63) is 17.0 Å². The van der Waals surface area contributed by atoms with Gasteiger partial charge in [0.15, 0.2) is 0 Å². The topological polar surface area (TPSA) is 64.1 Å². The molecule has 0 spiro atoms. The largest absolute Gasteiger partial charge is 0.361 e. The highest BCUT2D eigenvalue weighted by atomic mass is 16.5. The van der Waals surface area contributed by atoms with Gasteiger partial charge in [-0.3, -0.25) is 0 Å². The van der Waals surface area contributed by atoms with Crippen molar-refractivity contribution in [2.75, 3.05) is 13.1 Å². The number of aromatic nitrogens is 1. The Hall–Kier alpha value is -0.870. The van der Waals surface area contributed by atoms with Gasteiger partial charge in [-0.25, -0.2) is 0 Å². The van der Waals surface area contributed by atoms with E-state index in [0.29, 0.717) is 6.54 Å². The molecule has 1 aromatic rings. The Morgan fingerprint density at radius 1 is 1.50 bits per heavy atom. The molecule has 0 amide bonds. The molecule has 0 radical (unpaired) electrons. The number of nitrogens with one attached hydrogen (secondary N) is 1. The molecular weight excluding hydrogens is 154 g/mol. The van der Waals surface area contributed by atoms with Crippen LogP contribution in [0.25, 0.3) is 0 Å². The van der Waals surface area contributed by atoms with Crippen LogP contribution < -0.4 is 11.1 Å². The average Bonchev–Trinajstić information content (AvgIpc) is 2.35. The van der Waals surface area contributed by atoms with Crippen LogP contribution in [0.4, 0.5) is 0 Å². The Kier molecular flexibility index (Phi) is 3.25. The number of hydrogen-bond donors (Lipinski definition) is 2. The summed E-state index contributed by atoms with van der Waals surface area (Å²) in [4.78, 5) is 0. The summed E-state index contributed by atoms with van der Waals surface area (Å²) in [5.74, 6) is 0.886. The van der Waals surface area contributed by atoms with Crippen LogP contribution in [0.5, 0.6) is 0 Å². The molecule has 0 fully saturated rings. The molecule has 0 unspecified atom stereocenters. The highest BCUT2D eigenvalue weighted by Gasteiger charge is 2.06. The molecule has 4 heteroatoms. The van der Waals surface area contributed by atoms with Crippen LogP contribution in [0.3, 0.4) is 0 Å². The Morgan fingerprint density at radius 2 is 2.25 bits per heavy atom. The van der Waals surface area contributed by atoms with Crippen molar-refractivity contribution < 1.29 is 4.52 Å². The molecule has 0 bridgehead atoms. The van der Waals surface area contributed by atoms with Crippen molar-refractivity contribution in [3.8, 4) is 0 Å². The van der Waals surface area contributed by atoms with Gasteiger partial charge in [-0.05, 0) is 13.8 Å². The quantitative estimate of drug-likeness (QED) is 0.638. The van der Waals surface area contributed by atoms with E-state index in [1.54, 1.807) is 0 Å². The number of nitrogens with zero attached hydrogens (tertiary/aromatic N) is 1. The Bertz CT molecular complexity index is 225. The minimum Gasteiger partial charge on any atom is -0.361 e. The van der Waals surface area contributed by atoms with Crippen molar-refractivity contribution in [3.63, 3.8) is 0 Å². The molecule has 0 atom stereocenters. The van der Waals surface area contributed by atoms with Crippen molar-refractivity contribution >= 4 is 0 Å². The van der Waals surface area contributed by atoms with Crippen molar-refractivity contribution in [2.45, 2.75) is 20.4 Å². The van der Waals surface area contributed by atoms with Crippen LogP contribution in [0.2, 0.25) is 0 Å². The second-order valence-electron chi connectivity index (χ2n) is 2.77. The minimum absolute atomic E-state index is 0.656.